The summed E-state index contributed by atoms with van der Waals surface area (Å²) in [6.07, 6.45) is 0. The topological polar surface area (TPSA) is 75.3 Å². The minimum atomic E-state index is -4.16. The fourth-order valence-corrected chi connectivity index (χ4v) is 6.21. The van der Waals surface area contributed by atoms with E-state index in [0.29, 0.717) is 5.56 Å². The van der Waals surface area contributed by atoms with Gasteiger partial charge in [-0.1, -0.05) is 115 Å². The summed E-state index contributed by atoms with van der Waals surface area (Å²) in [5.74, 6) is -0.686. The lowest BCUT2D eigenvalue weighted by molar-refractivity contribution is 0.0981. The van der Waals surface area contributed by atoms with Crippen molar-refractivity contribution < 1.29 is 13.2 Å². The van der Waals surface area contributed by atoms with Gasteiger partial charge in [0.25, 0.3) is 15.9 Å². The van der Waals surface area contributed by atoms with Crippen molar-refractivity contribution in [1.29, 1.82) is 0 Å². The molecule has 5 rings (SSSR count). The first-order valence-corrected chi connectivity index (χ1v) is 15.0. The molecule has 7 heteroatoms. The van der Waals surface area contributed by atoms with Crippen molar-refractivity contribution in [1.82, 2.24) is 10.0 Å². The van der Waals surface area contributed by atoms with Gasteiger partial charge in [0.05, 0.1) is 10.9 Å². The van der Waals surface area contributed by atoms with E-state index in [1.165, 1.54) is 6.07 Å². The zero-order valence-corrected chi connectivity index (χ0v) is 25.0. The van der Waals surface area contributed by atoms with Crippen LogP contribution in [0.1, 0.15) is 51.6 Å². The standard InChI is InChI=1S/C35H32N2O3S.ClH/c1-25-14-9-10-21-31(25)32-22-11-12-23-33(32)41(39,40)37-35(38)30-20-13-19-29(24-30)34(28-17-7-4-8-18-28)36-26(2)27-15-5-3-6-16-27;/h3-24,26,34,36H,1-2H3,(H,37,38);1H/t26-,34?;/m1./s1. The molecule has 5 aromatic carbocycles. The Morgan fingerprint density at radius 2 is 1.19 bits per heavy atom. The zero-order chi connectivity index (χ0) is 28.8. The van der Waals surface area contributed by atoms with E-state index in [9.17, 15) is 13.2 Å². The number of sulfonamides is 1. The van der Waals surface area contributed by atoms with Crippen LogP contribution in [-0.4, -0.2) is 14.3 Å². The van der Waals surface area contributed by atoms with Gasteiger partial charge in [-0.25, -0.2) is 13.1 Å². The third-order valence-electron chi connectivity index (χ3n) is 7.17. The zero-order valence-electron chi connectivity index (χ0n) is 23.4. The second-order valence-corrected chi connectivity index (χ2v) is 11.7. The van der Waals surface area contributed by atoms with E-state index >= 15 is 0 Å². The summed E-state index contributed by atoms with van der Waals surface area (Å²) in [6.45, 7) is 4.03. The van der Waals surface area contributed by atoms with E-state index in [1.54, 1.807) is 36.4 Å². The van der Waals surface area contributed by atoms with Crippen molar-refractivity contribution in [3.63, 3.8) is 0 Å². The van der Waals surface area contributed by atoms with Gasteiger partial charge >= 0.3 is 0 Å². The Balaban J connectivity index is 0.00000405. The van der Waals surface area contributed by atoms with Gasteiger partial charge in [0, 0.05) is 17.2 Å². The molecule has 2 N–H and O–H groups in total. The van der Waals surface area contributed by atoms with Crippen LogP contribution < -0.4 is 10.0 Å². The highest BCUT2D eigenvalue weighted by atomic mass is 35.5. The fourth-order valence-electron chi connectivity index (χ4n) is 5.01. The van der Waals surface area contributed by atoms with Crippen LogP contribution in [0.5, 0.6) is 0 Å². The summed E-state index contributed by atoms with van der Waals surface area (Å²) in [6, 6.07) is 41.4. The average molecular weight is 597 g/mol. The van der Waals surface area contributed by atoms with Gasteiger partial charge in [0.2, 0.25) is 0 Å². The molecule has 0 aliphatic carbocycles. The Labute approximate surface area is 254 Å². The first-order valence-electron chi connectivity index (χ1n) is 13.5. The van der Waals surface area contributed by atoms with Crippen molar-refractivity contribution in [2.75, 3.05) is 0 Å². The van der Waals surface area contributed by atoms with Crippen LogP contribution in [-0.2, 0) is 10.0 Å². The predicted molar refractivity (Wildman–Crippen MR) is 171 cm³/mol. The molecule has 0 fully saturated rings. The molecule has 0 radical (unpaired) electrons. The lowest BCUT2D eigenvalue weighted by Crippen LogP contribution is -2.31. The Hall–Kier alpha value is -4.23. The number of rotatable bonds is 9. The summed E-state index contributed by atoms with van der Waals surface area (Å²) in [7, 11) is -4.16. The SMILES string of the molecule is Cc1ccccc1-c1ccccc1S(=O)(=O)NC(=O)c1cccc(C(N[C@H](C)c2ccccc2)c2ccccc2)c1.Cl. The van der Waals surface area contributed by atoms with Gasteiger partial charge in [0.1, 0.15) is 0 Å². The van der Waals surface area contributed by atoms with Crippen LogP contribution in [0.4, 0.5) is 0 Å². The number of hydrogen-bond donors (Lipinski definition) is 2. The molecule has 0 aromatic heterocycles. The summed E-state index contributed by atoms with van der Waals surface area (Å²) in [4.78, 5) is 13.4. The predicted octanol–water partition coefficient (Wildman–Crippen LogP) is 7.64. The molecular formula is C35H33ClN2O3S. The number of halogens is 1. The molecule has 1 unspecified atom stereocenters. The van der Waals surface area contributed by atoms with Crippen molar-refractivity contribution in [2.45, 2.75) is 30.8 Å². The Morgan fingerprint density at radius 3 is 1.86 bits per heavy atom. The maximum Gasteiger partial charge on any atom is 0.265 e. The minimum absolute atomic E-state index is 0. The van der Waals surface area contributed by atoms with E-state index in [0.717, 1.165) is 27.8 Å². The van der Waals surface area contributed by atoms with E-state index < -0.39 is 15.9 Å². The molecule has 5 aromatic rings. The van der Waals surface area contributed by atoms with Crippen molar-refractivity contribution in [3.05, 3.63) is 161 Å². The van der Waals surface area contributed by atoms with Crippen LogP contribution in [0.3, 0.4) is 0 Å². The van der Waals surface area contributed by atoms with Crippen LogP contribution in [0, 0.1) is 6.92 Å². The van der Waals surface area contributed by atoms with E-state index in [1.807, 2.05) is 85.8 Å². The maximum absolute atomic E-state index is 13.5. The molecule has 0 spiro atoms. The monoisotopic (exact) mass is 596 g/mol. The number of hydrogen-bond acceptors (Lipinski definition) is 4. The second kappa shape index (κ2) is 13.6. The normalized spacial score (nSPS) is 12.5. The largest absolute Gasteiger partial charge is 0.300 e. The van der Waals surface area contributed by atoms with Crippen molar-refractivity contribution in [3.8, 4) is 11.1 Å². The highest BCUT2D eigenvalue weighted by Crippen LogP contribution is 2.30. The van der Waals surface area contributed by atoms with Crippen LogP contribution in [0.15, 0.2) is 138 Å². The number of carbonyl (C=O) groups excluding carboxylic acids is 1. The molecule has 214 valence electrons. The lowest BCUT2D eigenvalue weighted by Gasteiger charge is -2.25. The van der Waals surface area contributed by atoms with E-state index in [-0.39, 0.29) is 34.9 Å². The fraction of sp³-hybridized carbons (Fsp3) is 0.114. The molecule has 0 aliphatic heterocycles. The number of carbonyl (C=O) groups is 1. The van der Waals surface area contributed by atoms with Crippen LogP contribution in [0.2, 0.25) is 0 Å². The number of aryl methyl sites for hydroxylation is 1. The minimum Gasteiger partial charge on any atom is -0.300 e. The molecule has 42 heavy (non-hydrogen) atoms. The van der Waals surface area contributed by atoms with Crippen molar-refractivity contribution >= 4 is 28.3 Å². The molecular weight excluding hydrogens is 564 g/mol. The van der Waals surface area contributed by atoms with Crippen LogP contribution in [0.25, 0.3) is 11.1 Å². The van der Waals surface area contributed by atoms with Gasteiger partial charge in [-0.2, -0.15) is 0 Å². The summed E-state index contributed by atoms with van der Waals surface area (Å²) < 4.78 is 29.3. The van der Waals surface area contributed by atoms with Crippen molar-refractivity contribution in [2.24, 2.45) is 0 Å². The molecule has 1 amide bonds. The second-order valence-electron chi connectivity index (χ2n) is 10.0. The number of amides is 1. The Kier molecular flexibility index (Phi) is 9.96. The lowest BCUT2D eigenvalue weighted by atomic mass is 9.95. The van der Waals surface area contributed by atoms with Gasteiger partial charge in [0.15, 0.2) is 0 Å². The quantitative estimate of drug-likeness (QED) is 0.183. The van der Waals surface area contributed by atoms with Gasteiger partial charge < -0.3 is 0 Å². The first-order chi connectivity index (χ1) is 19.8. The van der Waals surface area contributed by atoms with Crippen LogP contribution >= 0.6 is 12.4 Å². The average Bonchev–Trinajstić information content (AvgIpc) is 3.01. The summed E-state index contributed by atoms with van der Waals surface area (Å²) in [5, 5.41) is 3.69. The molecule has 0 bridgehead atoms. The van der Waals surface area contributed by atoms with Gasteiger partial charge in [-0.15, -0.1) is 12.4 Å². The summed E-state index contributed by atoms with van der Waals surface area (Å²) >= 11 is 0. The van der Waals surface area contributed by atoms with E-state index in [2.05, 4.69) is 29.1 Å². The third-order valence-corrected chi connectivity index (χ3v) is 8.56. The Morgan fingerprint density at radius 1 is 0.643 bits per heavy atom. The number of benzene rings is 5. The third kappa shape index (κ3) is 6.97. The molecule has 5 nitrogen and oxygen atoms in total. The highest BCUT2D eigenvalue weighted by Gasteiger charge is 2.24. The highest BCUT2D eigenvalue weighted by molar-refractivity contribution is 7.90. The summed E-state index contributed by atoms with van der Waals surface area (Å²) in [5.41, 5.74) is 5.57. The maximum atomic E-state index is 13.5. The molecule has 0 saturated carbocycles. The first kappa shape index (κ1) is 30.7. The van der Waals surface area contributed by atoms with E-state index in [4.69, 9.17) is 0 Å². The molecule has 0 aliphatic rings. The van der Waals surface area contributed by atoms with Gasteiger partial charge in [-0.3, -0.25) is 10.1 Å². The Bertz CT molecular complexity index is 1760. The molecule has 0 saturated heterocycles. The van der Waals surface area contributed by atoms with Gasteiger partial charge in [-0.05, 0) is 59.9 Å². The smallest absolute Gasteiger partial charge is 0.265 e. The number of nitrogens with one attached hydrogen (secondary N) is 2. The molecule has 0 heterocycles. The molecule has 2 atom stereocenters.